The van der Waals surface area contributed by atoms with Crippen LogP contribution in [-0.2, 0) is 6.54 Å². The van der Waals surface area contributed by atoms with Crippen molar-refractivity contribution in [3.63, 3.8) is 0 Å². The van der Waals surface area contributed by atoms with Crippen LogP contribution in [0, 0.1) is 0 Å². The van der Waals surface area contributed by atoms with Crippen molar-refractivity contribution in [2.75, 3.05) is 6.54 Å². The molecule has 0 heterocycles. The van der Waals surface area contributed by atoms with Gasteiger partial charge in [0, 0.05) is 12.6 Å². The van der Waals surface area contributed by atoms with Gasteiger partial charge < -0.3 is 10.9 Å². The second-order valence-electron chi connectivity index (χ2n) is 4.30. The van der Waals surface area contributed by atoms with Gasteiger partial charge in [-0.1, -0.05) is 40.5 Å². The lowest BCUT2D eigenvalue weighted by molar-refractivity contribution is 0.238. The summed E-state index contributed by atoms with van der Waals surface area (Å²) in [6.45, 7) is 5.02. The normalized spacial score (nSPS) is 12.4. The van der Waals surface area contributed by atoms with Gasteiger partial charge in [-0.25, -0.2) is 0 Å². The van der Waals surface area contributed by atoms with E-state index in [0.717, 1.165) is 5.56 Å². The molecule has 0 unspecified atom stereocenters. The SMILES string of the molecule is CC(C)N(C/C(N)=N/O)Cc1cccc(Cl)c1Cl. The molecule has 0 aliphatic carbocycles. The summed E-state index contributed by atoms with van der Waals surface area (Å²) in [5.41, 5.74) is 6.45. The molecule has 6 heteroatoms. The molecule has 0 spiro atoms. The molecule has 0 amide bonds. The zero-order chi connectivity index (χ0) is 13.7. The minimum Gasteiger partial charge on any atom is -0.409 e. The number of nitrogens with zero attached hydrogens (tertiary/aromatic N) is 2. The Bertz CT molecular complexity index is 435. The predicted octanol–water partition coefficient (Wildman–Crippen LogP) is 2.95. The van der Waals surface area contributed by atoms with Crippen molar-refractivity contribution in [3.8, 4) is 0 Å². The molecule has 1 aromatic rings. The van der Waals surface area contributed by atoms with E-state index in [1.165, 1.54) is 0 Å². The molecule has 0 aromatic heterocycles. The number of oxime groups is 1. The van der Waals surface area contributed by atoms with Crippen molar-refractivity contribution in [2.45, 2.75) is 26.4 Å². The Morgan fingerprint density at radius 1 is 1.44 bits per heavy atom. The van der Waals surface area contributed by atoms with Crippen LogP contribution in [0.1, 0.15) is 19.4 Å². The summed E-state index contributed by atoms with van der Waals surface area (Å²) >= 11 is 12.1. The van der Waals surface area contributed by atoms with Crippen molar-refractivity contribution < 1.29 is 5.21 Å². The Morgan fingerprint density at radius 3 is 2.67 bits per heavy atom. The molecule has 0 atom stereocenters. The van der Waals surface area contributed by atoms with E-state index in [9.17, 15) is 0 Å². The molecule has 1 aromatic carbocycles. The van der Waals surface area contributed by atoms with Gasteiger partial charge in [-0.05, 0) is 25.5 Å². The van der Waals surface area contributed by atoms with E-state index in [1.807, 2.05) is 30.9 Å². The van der Waals surface area contributed by atoms with E-state index < -0.39 is 0 Å². The second-order valence-corrected chi connectivity index (χ2v) is 5.09. The van der Waals surface area contributed by atoms with Crippen LogP contribution >= 0.6 is 23.2 Å². The van der Waals surface area contributed by atoms with Gasteiger partial charge >= 0.3 is 0 Å². The quantitative estimate of drug-likeness (QED) is 0.379. The summed E-state index contributed by atoms with van der Waals surface area (Å²) in [7, 11) is 0. The van der Waals surface area contributed by atoms with Crippen LogP contribution in [0.25, 0.3) is 0 Å². The topological polar surface area (TPSA) is 61.8 Å². The van der Waals surface area contributed by atoms with Crippen LogP contribution < -0.4 is 5.73 Å². The third-order valence-corrected chi connectivity index (χ3v) is 3.49. The third kappa shape index (κ3) is 4.05. The number of nitrogens with two attached hydrogens (primary N) is 1. The third-order valence-electron chi connectivity index (χ3n) is 2.63. The Labute approximate surface area is 117 Å². The molecule has 0 aliphatic rings. The summed E-state index contributed by atoms with van der Waals surface area (Å²) in [5, 5.41) is 12.7. The summed E-state index contributed by atoms with van der Waals surface area (Å²) in [4.78, 5) is 2.03. The predicted molar refractivity (Wildman–Crippen MR) is 75.4 cm³/mol. The van der Waals surface area contributed by atoms with Crippen LogP contribution in [0.15, 0.2) is 23.4 Å². The average Bonchev–Trinajstić information content (AvgIpc) is 2.33. The van der Waals surface area contributed by atoms with Crippen molar-refractivity contribution in [2.24, 2.45) is 10.9 Å². The Kier molecular flexibility index (Phi) is 5.72. The largest absolute Gasteiger partial charge is 0.409 e. The molecular weight excluding hydrogens is 273 g/mol. The first-order chi connectivity index (χ1) is 8.45. The minimum absolute atomic E-state index is 0.168. The monoisotopic (exact) mass is 289 g/mol. The van der Waals surface area contributed by atoms with Crippen LogP contribution in [0.2, 0.25) is 10.0 Å². The average molecular weight is 290 g/mol. The van der Waals surface area contributed by atoms with Crippen LogP contribution in [-0.4, -0.2) is 28.5 Å². The van der Waals surface area contributed by atoms with Crippen LogP contribution in [0.3, 0.4) is 0 Å². The van der Waals surface area contributed by atoms with Gasteiger partial charge in [0.15, 0.2) is 5.84 Å². The molecular formula is C12H17Cl2N3O. The zero-order valence-corrected chi connectivity index (χ0v) is 11.9. The molecule has 1 rings (SSSR count). The molecule has 3 N–H and O–H groups in total. The fourth-order valence-corrected chi connectivity index (χ4v) is 1.93. The van der Waals surface area contributed by atoms with Crippen LogP contribution in [0.4, 0.5) is 0 Å². The van der Waals surface area contributed by atoms with Crippen molar-refractivity contribution >= 4 is 29.0 Å². The molecule has 0 aliphatic heterocycles. The lowest BCUT2D eigenvalue weighted by atomic mass is 10.2. The van der Waals surface area contributed by atoms with Gasteiger partial charge in [0.05, 0.1) is 16.6 Å². The number of benzene rings is 1. The number of rotatable bonds is 5. The Balaban J connectivity index is 2.87. The van der Waals surface area contributed by atoms with Gasteiger partial charge in [0.25, 0.3) is 0 Å². The number of hydrogen-bond acceptors (Lipinski definition) is 3. The number of halogens is 2. The zero-order valence-electron chi connectivity index (χ0n) is 10.4. The van der Waals surface area contributed by atoms with E-state index in [2.05, 4.69) is 5.16 Å². The van der Waals surface area contributed by atoms with E-state index in [-0.39, 0.29) is 11.9 Å². The first kappa shape index (κ1) is 15.1. The Hall–Kier alpha value is -0.970. The number of amidine groups is 1. The second kappa shape index (κ2) is 6.83. The maximum absolute atomic E-state index is 8.62. The van der Waals surface area contributed by atoms with Crippen LogP contribution in [0.5, 0.6) is 0 Å². The fourth-order valence-electron chi connectivity index (χ4n) is 1.55. The molecule has 0 saturated carbocycles. The highest BCUT2D eigenvalue weighted by molar-refractivity contribution is 6.42. The summed E-state index contributed by atoms with van der Waals surface area (Å²) in [6.07, 6.45) is 0. The first-order valence-corrected chi connectivity index (χ1v) is 6.34. The summed E-state index contributed by atoms with van der Waals surface area (Å²) < 4.78 is 0. The molecule has 0 fully saturated rings. The summed E-state index contributed by atoms with van der Waals surface area (Å²) in [6, 6.07) is 5.75. The van der Waals surface area contributed by atoms with E-state index in [0.29, 0.717) is 23.1 Å². The van der Waals surface area contributed by atoms with Gasteiger partial charge in [-0.2, -0.15) is 0 Å². The lowest BCUT2D eigenvalue weighted by Gasteiger charge is -2.26. The molecule has 0 bridgehead atoms. The maximum Gasteiger partial charge on any atom is 0.153 e. The minimum atomic E-state index is 0.168. The number of hydrogen-bond donors (Lipinski definition) is 2. The van der Waals surface area contributed by atoms with Gasteiger partial charge in [-0.3, -0.25) is 4.90 Å². The molecule has 0 radical (unpaired) electrons. The molecule has 18 heavy (non-hydrogen) atoms. The fraction of sp³-hybridized carbons (Fsp3) is 0.417. The highest BCUT2D eigenvalue weighted by atomic mass is 35.5. The van der Waals surface area contributed by atoms with E-state index in [4.69, 9.17) is 34.1 Å². The molecule has 4 nitrogen and oxygen atoms in total. The van der Waals surface area contributed by atoms with E-state index in [1.54, 1.807) is 6.07 Å². The van der Waals surface area contributed by atoms with Crippen molar-refractivity contribution in [1.82, 2.24) is 4.90 Å². The highest BCUT2D eigenvalue weighted by Crippen LogP contribution is 2.26. The standard InChI is InChI=1S/C12H17Cl2N3O/c1-8(2)17(7-11(15)16-18)6-9-4-3-5-10(13)12(9)14/h3-5,8,18H,6-7H2,1-2H3,(H2,15,16). The first-order valence-electron chi connectivity index (χ1n) is 5.59. The van der Waals surface area contributed by atoms with Gasteiger partial charge in [0.2, 0.25) is 0 Å². The lowest BCUT2D eigenvalue weighted by Crippen LogP contribution is -2.38. The Morgan fingerprint density at radius 2 is 2.11 bits per heavy atom. The highest BCUT2D eigenvalue weighted by Gasteiger charge is 2.14. The summed E-state index contributed by atoms with van der Waals surface area (Å²) in [5.74, 6) is 0.168. The van der Waals surface area contributed by atoms with Crippen molar-refractivity contribution in [3.05, 3.63) is 33.8 Å². The van der Waals surface area contributed by atoms with E-state index >= 15 is 0 Å². The molecule has 100 valence electrons. The smallest absolute Gasteiger partial charge is 0.153 e. The molecule has 0 saturated heterocycles. The van der Waals surface area contributed by atoms with Gasteiger partial charge in [-0.15, -0.1) is 0 Å². The van der Waals surface area contributed by atoms with Crippen molar-refractivity contribution in [1.29, 1.82) is 0 Å². The van der Waals surface area contributed by atoms with Gasteiger partial charge in [0.1, 0.15) is 0 Å². The maximum atomic E-state index is 8.62.